The highest BCUT2D eigenvalue weighted by atomic mass is 16.5. The number of carbonyl (C=O) groups is 1. The number of nitrogens with zero attached hydrogens (tertiary/aromatic N) is 6. The van der Waals surface area contributed by atoms with Crippen LogP contribution >= 0.6 is 0 Å². The average Bonchev–Trinajstić information content (AvgIpc) is 3.43. The molecule has 0 bridgehead atoms. The summed E-state index contributed by atoms with van der Waals surface area (Å²) in [5, 5.41) is 0. The van der Waals surface area contributed by atoms with Gasteiger partial charge in [0.2, 0.25) is 0 Å². The van der Waals surface area contributed by atoms with Crippen LogP contribution in [0.25, 0.3) is 11.4 Å². The molecule has 31 heavy (non-hydrogen) atoms. The molecule has 156 valence electrons. The highest BCUT2D eigenvalue weighted by molar-refractivity contribution is 5.99. The van der Waals surface area contributed by atoms with Gasteiger partial charge in [-0.05, 0) is 55.9 Å². The van der Waals surface area contributed by atoms with Gasteiger partial charge in [0.25, 0.3) is 5.91 Å². The van der Waals surface area contributed by atoms with E-state index in [0.29, 0.717) is 29.0 Å². The molecular formula is C23H22N6O2. The molecule has 1 spiro atoms. The van der Waals surface area contributed by atoms with Crippen molar-refractivity contribution in [2.75, 3.05) is 6.54 Å². The van der Waals surface area contributed by atoms with E-state index in [1.165, 1.54) is 0 Å². The minimum atomic E-state index is -0.0963. The number of piperidine rings is 1. The Hall–Kier alpha value is -3.42. The summed E-state index contributed by atoms with van der Waals surface area (Å²) in [5.41, 5.74) is 3.20. The molecule has 0 N–H and O–H groups in total. The molecule has 0 aromatic carbocycles. The van der Waals surface area contributed by atoms with Crippen LogP contribution in [0, 0.1) is 25.2 Å². The van der Waals surface area contributed by atoms with E-state index in [9.17, 15) is 4.79 Å². The Kier molecular flexibility index (Phi) is 3.87. The monoisotopic (exact) mass is 414 g/mol. The van der Waals surface area contributed by atoms with Crippen molar-refractivity contribution in [3.05, 3.63) is 59.9 Å². The second kappa shape index (κ2) is 6.54. The Morgan fingerprint density at radius 1 is 1.03 bits per heavy atom. The van der Waals surface area contributed by atoms with Crippen LogP contribution in [0.15, 0.2) is 43.1 Å². The molecule has 1 aliphatic heterocycles. The van der Waals surface area contributed by atoms with Gasteiger partial charge in [-0.25, -0.2) is 19.9 Å². The summed E-state index contributed by atoms with van der Waals surface area (Å²) in [6.07, 6.45) is 10.6. The van der Waals surface area contributed by atoms with Gasteiger partial charge in [-0.3, -0.25) is 9.78 Å². The summed E-state index contributed by atoms with van der Waals surface area (Å²) < 4.78 is 6.10. The molecule has 4 unspecified atom stereocenters. The van der Waals surface area contributed by atoms with Crippen LogP contribution < -0.4 is 4.74 Å². The van der Waals surface area contributed by atoms with Crippen molar-refractivity contribution in [2.24, 2.45) is 11.3 Å². The van der Waals surface area contributed by atoms with Crippen LogP contribution in [0.4, 0.5) is 0 Å². The minimum absolute atomic E-state index is 0.0301. The average molecular weight is 414 g/mol. The fourth-order valence-electron chi connectivity index (χ4n) is 5.31. The number of hydrogen-bond donors (Lipinski definition) is 0. The number of ether oxygens (including phenoxy) is 1. The Morgan fingerprint density at radius 2 is 1.77 bits per heavy atom. The van der Waals surface area contributed by atoms with Gasteiger partial charge < -0.3 is 9.64 Å². The summed E-state index contributed by atoms with van der Waals surface area (Å²) in [6.45, 7) is 4.63. The number of hydrogen-bond acceptors (Lipinski definition) is 7. The molecule has 3 aromatic heterocycles. The number of aromatic nitrogens is 5. The molecule has 2 aliphatic carbocycles. The fourth-order valence-corrected chi connectivity index (χ4v) is 5.31. The van der Waals surface area contributed by atoms with Crippen molar-refractivity contribution >= 4 is 5.91 Å². The molecule has 1 saturated heterocycles. The van der Waals surface area contributed by atoms with E-state index in [2.05, 4.69) is 24.9 Å². The van der Waals surface area contributed by atoms with Crippen LogP contribution in [-0.4, -0.2) is 54.4 Å². The summed E-state index contributed by atoms with van der Waals surface area (Å²) >= 11 is 0. The first-order valence-corrected chi connectivity index (χ1v) is 10.6. The van der Waals surface area contributed by atoms with Gasteiger partial charge in [-0.1, -0.05) is 0 Å². The maximum absolute atomic E-state index is 13.7. The van der Waals surface area contributed by atoms with Crippen molar-refractivity contribution in [3.63, 3.8) is 0 Å². The molecule has 3 aromatic rings. The third-order valence-electron chi connectivity index (χ3n) is 6.86. The zero-order chi connectivity index (χ0) is 21.2. The number of pyridine rings is 1. The highest BCUT2D eigenvalue weighted by Gasteiger charge is 2.76. The molecule has 4 heterocycles. The SMILES string of the molecule is Cc1cnc(OC2CC34CC3CN(C(=O)c3ncc(C)cc3-c3ncccn3)C24)nc1. The zero-order valence-electron chi connectivity index (χ0n) is 17.4. The van der Waals surface area contributed by atoms with Crippen molar-refractivity contribution < 1.29 is 9.53 Å². The number of rotatable bonds is 4. The molecule has 8 nitrogen and oxygen atoms in total. The number of aryl methyl sites for hydroxylation is 2. The lowest BCUT2D eigenvalue weighted by Crippen LogP contribution is -2.59. The van der Waals surface area contributed by atoms with E-state index in [-0.39, 0.29) is 23.5 Å². The van der Waals surface area contributed by atoms with Crippen LogP contribution in [0.5, 0.6) is 6.01 Å². The van der Waals surface area contributed by atoms with Crippen molar-refractivity contribution in [2.45, 2.75) is 38.8 Å². The smallest absolute Gasteiger partial charge is 0.316 e. The van der Waals surface area contributed by atoms with Gasteiger partial charge >= 0.3 is 6.01 Å². The Balaban J connectivity index is 1.30. The highest BCUT2D eigenvalue weighted by Crippen LogP contribution is 2.71. The number of likely N-dealkylation sites (tertiary alicyclic amines) is 1. The third kappa shape index (κ3) is 2.81. The van der Waals surface area contributed by atoms with Gasteiger partial charge in [0.15, 0.2) is 5.82 Å². The van der Waals surface area contributed by atoms with E-state index in [4.69, 9.17) is 4.74 Å². The van der Waals surface area contributed by atoms with Gasteiger partial charge in [-0.15, -0.1) is 0 Å². The first kappa shape index (κ1) is 18.4. The molecule has 2 saturated carbocycles. The van der Waals surface area contributed by atoms with Crippen LogP contribution in [0.1, 0.15) is 34.5 Å². The normalized spacial score (nSPS) is 27.8. The van der Waals surface area contributed by atoms with Crippen molar-refractivity contribution in [3.8, 4) is 17.4 Å². The lowest BCUT2D eigenvalue weighted by atomic mass is 9.73. The molecule has 1 amide bonds. The quantitative estimate of drug-likeness (QED) is 0.648. The number of amides is 1. The van der Waals surface area contributed by atoms with Crippen molar-refractivity contribution in [1.82, 2.24) is 29.8 Å². The largest absolute Gasteiger partial charge is 0.458 e. The second-order valence-electron chi connectivity index (χ2n) is 8.92. The molecular weight excluding hydrogens is 392 g/mol. The molecule has 6 rings (SSSR count). The Labute approximate surface area is 179 Å². The molecule has 3 fully saturated rings. The van der Waals surface area contributed by atoms with E-state index in [0.717, 1.165) is 30.5 Å². The van der Waals surface area contributed by atoms with Gasteiger partial charge in [0.1, 0.15) is 11.8 Å². The number of carbonyl (C=O) groups excluding carboxylic acids is 1. The van der Waals surface area contributed by atoms with Crippen LogP contribution in [0.3, 0.4) is 0 Å². The molecule has 4 atom stereocenters. The lowest BCUT2D eigenvalue weighted by molar-refractivity contribution is -0.0369. The van der Waals surface area contributed by atoms with E-state index in [1.54, 1.807) is 37.1 Å². The first-order valence-electron chi connectivity index (χ1n) is 10.6. The standard InChI is InChI=1S/C23H22N6O2/c1-13-6-16(20-24-4-3-5-25-20)18(26-9-13)21(30)29-12-15-7-23(15)8-17(19(23)29)31-22-27-10-14(2)11-28-22/h3-6,9-11,15,17,19H,7-8,12H2,1-2H3. The molecule has 3 aliphatic rings. The molecule has 0 radical (unpaired) electrons. The first-order chi connectivity index (χ1) is 15.0. The predicted octanol–water partition coefficient (Wildman–Crippen LogP) is 2.63. The minimum Gasteiger partial charge on any atom is -0.458 e. The second-order valence-corrected chi connectivity index (χ2v) is 8.92. The molecule has 8 heteroatoms. The summed E-state index contributed by atoms with van der Waals surface area (Å²) in [4.78, 5) is 37.4. The Morgan fingerprint density at radius 3 is 2.55 bits per heavy atom. The van der Waals surface area contributed by atoms with Gasteiger partial charge in [0, 0.05) is 42.9 Å². The maximum Gasteiger partial charge on any atom is 0.316 e. The van der Waals surface area contributed by atoms with Crippen LogP contribution in [0.2, 0.25) is 0 Å². The lowest BCUT2D eigenvalue weighted by Gasteiger charge is -2.46. The third-order valence-corrected chi connectivity index (χ3v) is 6.86. The zero-order valence-corrected chi connectivity index (χ0v) is 17.4. The Bertz CT molecular complexity index is 1170. The van der Waals surface area contributed by atoms with Crippen LogP contribution in [-0.2, 0) is 0 Å². The van der Waals surface area contributed by atoms with E-state index in [1.807, 2.05) is 24.8 Å². The summed E-state index contributed by atoms with van der Waals surface area (Å²) in [7, 11) is 0. The van der Waals surface area contributed by atoms with E-state index < -0.39 is 0 Å². The maximum atomic E-state index is 13.7. The van der Waals surface area contributed by atoms with E-state index >= 15 is 0 Å². The predicted molar refractivity (Wildman–Crippen MR) is 111 cm³/mol. The van der Waals surface area contributed by atoms with Gasteiger partial charge in [0.05, 0.1) is 11.6 Å². The van der Waals surface area contributed by atoms with Crippen molar-refractivity contribution in [1.29, 1.82) is 0 Å². The summed E-state index contributed by atoms with van der Waals surface area (Å²) in [6, 6.07) is 4.09. The topological polar surface area (TPSA) is 94.0 Å². The summed E-state index contributed by atoms with van der Waals surface area (Å²) in [5.74, 6) is 0.967. The fraction of sp³-hybridized carbons (Fsp3) is 0.391. The van der Waals surface area contributed by atoms with Gasteiger partial charge in [-0.2, -0.15) is 0 Å².